The van der Waals surface area contributed by atoms with Gasteiger partial charge in [-0.3, -0.25) is 9.69 Å². The largest absolute Gasteiger partial charge is 0.368 e. The highest BCUT2D eigenvalue weighted by molar-refractivity contribution is 5.80. The SMILES string of the molecule is CC(CC1CCCCN1)N1CCCC1C(N)=O. The Morgan fingerprint density at radius 1 is 1.41 bits per heavy atom. The van der Waals surface area contributed by atoms with E-state index in [0.29, 0.717) is 12.1 Å². The lowest BCUT2D eigenvalue weighted by Gasteiger charge is -2.33. The van der Waals surface area contributed by atoms with Crippen LogP contribution in [0.2, 0.25) is 0 Å². The normalized spacial score (nSPS) is 32.5. The number of piperidine rings is 1. The van der Waals surface area contributed by atoms with E-state index in [2.05, 4.69) is 17.1 Å². The molecule has 0 aromatic carbocycles. The summed E-state index contributed by atoms with van der Waals surface area (Å²) in [5.74, 6) is -0.147. The van der Waals surface area contributed by atoms with E-state index in [4.69, 9.17) is 5.73 Å². The van der Waals surface area contributed by atoms with Gasteiger partial charge in [0.1, 0.15) is 0 Å². The first-order valence-corrected chi connectivity index (χ1v) is 6.97. The molecule has 4 nitrogen and oxygen atoms in total. The fourth-order valence-corrected chi connectivity index (χ4v) is 3.29. The molecule has 2 rings (SSSR count). The molecule has 0 radical (unpaired) electrons. The number of rotatable bonds is 4. The monoisotopic (exact) mass is 239 g/mol. The van der Waals surface area contributed by atoms with Crippen LogP contribution in [0.25, 0.3) is 0 Å². The van der Waals surface area contributed by atoms with E-state index in [9.17, 15) is 4.79 Å². The van der Waals surface area contributed by atoms with Gasteiger partial charge in [-0.2, -0.15) is 0 Å². The number of hydrogen-bond acceptors (Lipinski definition) is 3. The van der Waals surface area contributed by atoms with Crippen LogP contribution >= 0.6 is 0 Å². The third-order valence-electron chi connectivity index (χ3n) is 4.23. The van der Waals surface area contributed by atoms with Gasteiger partial charge < -0.3 is 11.1 Å². The second kappa shape index (κ2) is 5.83. The summed E-state index contributed by atoms with van der Waals surface area (Å²) in [5.41, 5.74) is 5.46. The quantitative estimate of drug-likeness (QED) is 0.765. The number of nitrogens with two attached hydrogens (primary N) is 1. The molecule has 98 valence electrons. The Labute approximate surface area is 104 Å². The van der Waals surface area contributed by atoms with Crippen LogP contribution in [0.1, 0.15) is 45.4 Å². The molecule has 0 saturated carbocycles. The minimum atomic E-state index is -0.147. The van der Waals surface area contributed by atoms with Crippen LogP contribution in [0.4, 0.5) is 0 Å². The predicted molar refractivity (Wildman–Crippen MR) is 68.6 cm³/mol. The van der Waals surface area contributed by atoms with Crippen molar-refractivity contribution in [1.29, 1.82) is 0 Å². The van der Waals surface area contributed by atoms with Gasteiger partial charge in [0.15, 0.2) is 0 Å². The zero-order valence-electron chi connectivity index (χ0n) is 10.8. The molecule has 2 aliphatic rings. The maximum atomic E-state index is 11.4. The lowest BCUT2D eigenvalue weighted by Crippen LogP contribution is -2.47. The van der Waals surface area contributed by atoms with Gasteiger partial charge in [-0.1, -0.05) is 6.42 Å². The maximum Gasteiger partial charge on any atom is 0.234 e. The maximum absolute atomic E-state index is 11.4. The summed E-state index contributed by atoms with van der Waals surface area (Å²) < 4.78 is 0. The van der Waals surface area contributed by atoms with Crippen molar-refractivity contribution in [1.82, 2.24) is 10.2 Å². The lowest BCUT2D eigenvalue weighted by molar-refractivity contribution is -0.123. The first-order valence-electron chi connectivity index (χ1n) is 6.97. The Morgan fingerprint density at radius 2 is 2.24 bits per heavy atom. The number of primary amides is 1. The van der Waals surface area contributed by atoms with E-state index < -0.39 is 0 Å². The van der Waals surface area contributed by atoms with Gasteiger partial charge in [0.25, 0.3) is 0 Å². The molecule has 0 aromatic heterocycles. The smallest absolute Gasteiger partial charge is 0.234 e. The molecule has 1 amide bonds. The molecule has 0 bridgehead atoms. The second-order valence-corrected chi connectivity index (χ2v) is 5.53. The van der Waals surface area contributed by atoms with Crippen molar-refractivity contribution >= 4 is 5.91 Å². The summed E-state index contributed by atoms with van der Waals surface area (Å²) in [6.07, 6.45) is 7.11. The number of likely N-dealkylation sites (tertiary alicyclic amines) is 1. The summed E-state index contributed by atoms with van der Waals surface area (Å²) in [7, 11) is 0. The Balaban J connectivity index is 1.85. The highest BCUT2D eigenvalue weighted by Gasteiger charge is 2.33. The van der Waals surface area contributed by atoms with Gasteiger partial charge in [-0.25, -0.2) is 0 Å². The molecule has 0 spiro atoms. The van der Waals surface area contributed by atoms with Crippen molar-refractivity contribution in [3.63, 3.8) is 0 Å². The van der Waals surface area contributed by atoms with Gasteiger partial charge in [-0.15, -0.1) is 0 Å². The van der Waals surface area contributed by atoms with Gasteiger partial charge in [0.05, 0.1) is 6.04 Å². The van der Waals surface area contributed by atoms with E-state index in [1.165, 1.54) is 19.3 Å². The number of nitrogens with one attached hydrogen (secondary N) is 1. The fraction of sp³-hybridized carbons (Fsp3) is 0.923. The Hall–Kier alpha value is -0.610. The van der Waals surface area contributed by atoms with Crippen molar-refractivity contribution in [2.45, 2.75) is 63.6 Å². The third kappa shape index (κ3) is 3.19. The average molecular weight is 239 g/mol. The van der Waals surface area contributed by atoms with Crippen LogP contribution in [0.15, 0.2) is 0 Å². The van der Waals surface area contributed by atoms with Crippen LogP contribution in [0, 0.1) is 0 Å². The molecule has 2 fully saturated rings. The van der Waals surface area contributed by atoms with Gasteiger partial charge in [-0.05, 0) is 52.1 Å². The Morgan fingerprint density at radius 3 is 2.88 bits per heavy atom. The van der Waals surface area contributed by atoms with Crippen molar-refractivity contribution < 1.29 is 4.79 Å². The number of amides is 1. The Kier molecular flexibility index (Phi) is 4.40. The zero-order valence-corrected chi connectivity index (χ0v) is 10.8. The predicted octanol–water partition coefficient (Wildman–Crippen LogP) is 0.857. The van der Waals surface area contributed by atoms with Crippen LogP contribution in [0.5, 0.6) is 0 Å². The van der Waals surface area contributed by atoms with Gasteiger partial charge in [0, 0.05) is 12.1 Å². The fourth-order valence-electron chi connectivity index (χ4n) is 3.29. The summed E-state index contributed by atoms with van der Waals surface area (Å²) in [6, 6.07) is 1.08. The van der Waals surface area contributed by atoms with Crippen molar-refractivity contribution in [3.05, 3.63) is 0 Å². The van der Waals surface area contributed by atoms with Crippen molar-refractivity contribution in [3.8, 4) is 0 Å². The van der Waals surface area contributed by atoms with E-state index in [1.807, 2.05) is 0 Å². The summed E-state index contributed by atoms with van der Waals surface area (Å²) >= 11 is 0. The van der Waals surface area contributed by atoms with Crippen LogP contribution in [0.3, 0.4) is 0 Å². The molecule has 17 heavy (non-hydrogen) atoms. The molecular weight excluding hydrogens is 214 g/mol. The van der Waals surface area contributed by atoms with E-state index >= 15 is 0 Å². The van der Waals surface area contributed by atoms with Gasteiger partial charge in [0.2, 0.25) is 5.91 Å². The van der Waals surface area contributed by atoms with Crippen molar-refractivity contribution in [2.75, 3.05) is 13.1 Å². The van der Waals surface area contributed by atoms with E-state index in [-0.39, 0.29) is 11.9 Å². The molecule has 3 atom stereocenters. The van der Waals surface area contributed by atoms with E-state index in [1.54, 1.807) is 0 Å². The standard InChI is InChI=1S/C13H25N3O/c1-10(9-11-5-2-3-7-15-11)16-8-4-6-12(16)13(14)17/h10-12,15H,2-9H2,1H3,(H2,14,17). The number of nitrogens with zero attached hydrogens (tertiary/aromatic N) is 1. The summed E-state index contributed by atoms with van der Waals surface area (Å²) in [4.78, 5) is 13.7. The number of carbonyl (C=O) groups is 1. The highest BCUT2D eigenvalue weighted by Crippen LogP contribution is 2.23. The minimum absolute atomic E-state index is 0.0198. The van der Waals surface area contributed by atoms with Crippen LogP contribution < -0.4 is 11.1 Å². The first kappa shape index (κ1) is 12.8. The first-order chi connectivity index (χ1) is 8.18. The highest BCUT2D eigenvalue weighted by atomic mass is 16.1. The van der Waals surface area contributed by atoms with Crippen LogP contribution in [-0.4, -0.2) is 42.0 Å². The Bertz CT molecular complexity index is 263. The molecule has 2 heterocycles. The lowest BCUT2D eigenvalue weighted by atomic mass is 9.97. The molecule has 2 saturated heterocycles. The average Bonchev–Trinajstić information content (AvgIpc) is 2.79. The number of carbonyl (C=O) groups excluding carboxylic acids is 1. The summed E-state index contributed by atoms with van der Waals surface area (Å²) in [5, 5.41) is 3.57. The zero-order chi connectivity index (χ0) is 12.3. The van der Waals surface area contributed by atoms with E-state index in [0.717, 1.165) is 32.4 Å². The molecule has 0 aromatic rings. The third-order valence-corrected chi connectivity index (χ3v) is 4.23. The summed E-state index contributed by atoms with van der Waals surface area (Å²) in [6.45, 7) is 4.41. The molecule has 0 aliphatic carbocycles. The topological polar surface area (TPSA) is 58.4 Å². The molecular formula is C13H25N3O. The molecule has 4 heteroatoms. The van der Waals surface area contributed by atoms with Crippen LogP contribution in [-0.2, 0) is 4.79 Å². The van der Waals surface area contributed by atoms with Crippen molar-refractivity contribution in [2.24, 2.45) is 5.73 Å². The molecule has 3 unspecified atom stereocenters. The van der Waals surface area contributed by atoms with Gasteiger partial charge >= 0.3 is 0 Å². The minimum Gasteiger partial charge on any atom is -0.368 e. The second-order valence-electron chi connectivity index (χ2n) is 5.53. The number of hydrogen-bond donors (Lipinski definition) is 2. The molecule has 2 aliphatic heterocycles. The molecule has 3 N–H and O–H groups in total.